The van der Waals surface area contributed by atoms with Crippen LogP contribution in [0.5, 0.6) is 0 Å². The van der Waals surface area contributed by atoms with Crippen molar-refractivity contribution < 1.29 is 0 Å². The summed E-state index contributed by atoms with van der Waals surface area (Å²) in [4.78, 5) is 0. The first-order valence-electron chi connectivity index (χ1n) is 2.47. The van der Waals surface area contributed by atoms with Crippen LogP contribution in [0.25, 0.3) is 0 Å². The van der Waals surface area contributed by atoms with Gasteiger partial charge in [-0.25, -0.2) is 0 Å². The van der Waals surface area contributed by atoms with Crippen LogP contribution >= 0.6 is 0 Å². The van der Waals surface area contributed by atoms with Gasteiger partial charge in [0.1, 0.15) is 6.60 Å². The van der Waals surface area contributed by atoms with Crippen LogP contribution in [0.3, 0.4) is 0 Å². The number of nitrogens with two attached hydrogens (primary N) is 1. The van der Waals surface area contributed by atoms with Crippen molar-refractivity contribution >= 4 is 13.8 Å². The summed E-state index contributed by atoms with van der Waals surface area (Å²) in [6.07, 6.45) is 3.48. The van der Waals surface area contributed by atoms with E-state index in [4.69, 9.17) is 5.73 Å². The molecule has 0 aromatic carbocycles. The van der Waals surface area contributed by atoms with E-state index in [1.807, 2.05) is 0 Å². The average molecular weight is 79.7 g/mol. The molecule has 1 radical (unpaired) electrons. The van der Waals surface area contributed by atoms with Gasteiger partial charge in [-0.05, 0) is 6.44 Å². The lowest BCUT2D eigenvalue weighted by Gasteiger charge is -2.17. The van der Waals surface area contributed by atoms with Gasteiger partial charge in [0.2, 0.25) is 0 Å². The topological polar surface area (TPSA) is 26.0 Å². The van der Waals surface area contributed by atoms with Gasteiger partial charge in [0, 0.05) is 0 Å². The third-order valence-corrected chi connectivity index (χ3v) is 1.34. The fraction of sp³-hybridized carbons (Fsp3) is 1.00. The molecule has 1 fully saturated rings. The zero-order valence-electron chi connectivity index (χ0n) is 3.85. The summed E-state index contributed by atoms with van der Waals surface area (Å²) in [5, 5.41) is 0. The Kier molecular flexibility index (Phi) is 1.20. The fourth-order valence-electron chi connectivity index (χ4n) is 0.616. The summed E-state index contributed by atoms with van der Waals surface area (Å²) in [6, 6.07) is 0. The highest BCUT2D eigenvalue weighted by Crippen LogP contribution is 2.07. The van der Waals surface area contributed by atoms with E-state index in [9.17, 15) is 0 Å². The molecule has 6 heavy (non-hydrogen) atoms. The van der Waals surface area contributed by atoms with Gasteiger partial charge in [-0.1, -0.05) is 12.6 Å². The third kappa shape index (κ3) is 0.597. The highest BCUT2D eigenvalue weighted by molar-refractivity contribution is 7.17. The zero-order valence-corrected chi connectivity index (χ0v) is 3.85. The molecule has 1 nitrogen and oxygen atoms in total. The van der Waals surface area contributed by atoms with Crippen LogP contribution < -0.4 is 5.73 Å². The Hall–Kier alpha value is 0.0899. The van der Waals surface area contributed by atoms with Crippen molar-refractivity contribution in [3.63, 3.8) is 0 Å². The molecule has 0 amide bonds. The summed E-state index contributed by atoms with van der Waals surface area (Å²) < 4.78 is 0. The molecule has 0 unspecified atom stereocenters. The average Bonchev–Trinajstić information content (AvgIpc) is 1.31. The third-order valence-electron chi connectivity index (χ3n) is 1.34. The quantitative estimate of drug-likeness (QED) is 0.426. The maximum absolute atomic E-state index is 5.30. The van der Waals surface area contributed by atoms with Crippen molar-refractivity contribution in [2.45, 2.75) is 12.6 Å². The smallest absolute Gasteiger partial charge is 0.116 e. The van der Waals surface area contributed by atoms with E-state index in [2.05, 4.69) is 7.17 Å². The first-order valence-corrected chi connectivity index (χ1v) is 2.47. The molecule has 0 spiro atoms. The molecular formula is C3H8B2N. The van der Waals surface area contributed by atoms with Crippen molar-refractivity contribution in [3.8, 4) is 0 Å². The normalized spacial score (nSPS) is 19.2. The summed E-state index contributed by atoms with van der Waals surface area (Å²) in [5.74, 6) is 0. The van der Waals surface area contributed by atoms with Crippen molar-refractivity contribution in [1.29, 1.82) is 0 Å². The van der Waals surface area contributed by atoms with Crippen LogP contribution in [0.4, 0.5) is 0 Å². The van der Waals surface area contributed by atoms with Gasteiger partial charge >= 0.3 is 0 Å². The van der Waals surface area contributed by atoms with E-state index in [0.29, 0.717) is 0 Å². The maximum atomic E-state index is 5.30. The second-order valence-electron chi connectivity index (χ2n) is 1.81. The van der Waals surface area contributed by atoms with E-state index < -0.39 is 0 Å². The molecule has 2 N–H and O–H groups in total. The lowest BCUT2D eigenvalue weighted by molar-refractivity contribution is 1.25. The SMILES string of the molecule is NCB1[B]CC1. The molecule has 1 saturated heterocycles. The minimum absolute atomic E-state index is 0.769. The van der Waals surface area contributed by atoms with Crippen molar-refractivity contribution in [2.75, 3.05) is 6.44 Å². The molecule has 1 aliphatic rings. The summed E-state index contributed by atoms with van der Waals surface area (Å²) in [7, 11) is 2.28. The molecule has 0 aliphatic carbocycles. The molecule has 0 bridgehead atoms. The summed E-state index contributed by atoms with van der Waals surface area (Å²) in [6.45, 7) is 0.769. The van der Waals surface area contributed by atoms with Crippen LogP contribution in [-0.4, -0.2) is 20.2 Å². The highest BCUT2D eigenvalue weighted by atomic mass is 14.5. The second kappa shape index (κ2) is 1.69. The Morgan fingerprint density at radius 1 is 1.83 bits per heavy atom. The standard InChI is InChI=1S/C3H8B2N/c6-3-5-2-1-4-5/h1-3,6H2. The highest BCUT2D eigenvalue weighted by Gasteiger charge is 2.19. The van der Waals surface area contributed by atoms with Crippen LogP contribution in [0.15, 0.2) is 0 Å². The van der Waals surface area contributed by atoms with E-state index >= 15 is 0 Å². The molecular weight excluding hydrogens is 71.7 g/mol. The van der Waals surface area contributed by atoms with Crippen LogP contribution in [0, 0.1) is 0 Å². The molecule has 0 aromatic heterocycles. The maximum Gasteiger partial charge on any atom is 0.116 e. The second-order valence-corrected chi connectivity index (χ2v) is 1.81. The predicted molar refractivity (Wildman–Crippen MR) is 30.2 cm³/mol. The molecule has 0 saturated carbocycles. The Morgan fingerprint density at radius 3 is 2.50 bits per heavy atom. The Labute approximate surface area is 39.6 Å². The van der Waals surface area contributed by atoms with Crippen LogP contribution in [0.1, 0.15) is 0 Å². The molecule has 0 atom stereocenters. The molecule has 31 valence electrons. The van der Waals surface area contributed by atoms with Gasteiger partial charge in [-0.2, -0.15) is 0 Å². The van der Waals surface area contributed by atoms with Gasteiger partial charge in [0.15, 0.2) is 0 Å². The van der Waals surface area contributed by atoms with E-state index in [0.717, 1.165) is 13.0 Å². The lowest BCUT2D eigenvalue weighted by atomic mass is 9.09. The van der Waals surface area contributed by atoms with Gasteiger partial charge in [0.25, 0.3) is 0 Å². The molecule has 3 heteroatoms. The largest absolute Gasteiger partial charge is 0.338 e. The molecule has 1 rings (SSSR count). The number of hydrogen-bond donors (Lipinski definition) is 1. The Bertz CT molecular complexity index is 41.3. The Balaban J connectivity index is 2.01. The number of rotatable bonds is 1. The first-order chi connectivity index (χ1) is 2.93. The minimum atomic E-state index is 0.769. The van der Waals surface area contributed by atoms with Crippen molar-refractivity contribution in [2.24, 2.45) is 5.73 Å². The molecule has 1 heterocycles. The van der Waals surface area contributed by atoms with Gasteiger partial charge in [-0.3, -0.25) is 0 Å². The van der Waals surface area contributed by atoms with Gasteiger partial charge in [0.05, 0.1) is 7.17 Å². The van der Waals surface area contributed by atoms with Gasteiger partial charge in [-0.15, -0.1) is 0 Å². The van der Waals surface area contributed by atoms with E-state index in [1.165, 1.54) is 12.6 Å². The van der Waals surface area contributed by atoms with Crippen molar-refractivity contribution in [1.82, 2.24) is 0 Å². The van der Waals surface area contributed by atoms with Crippen LogP contribution in [0.2, 0.25) is 12.6 Å². The first kappa shape index (κ1) is 4.25. The van der Waals surface area contributed by atoms with Gasteiger partial charge < -0.3 is 5.73 Å². The fourth-order valence-corrected chi connectivity index (χ4v) is 0.616. The monoisotopic (exact) mass is 80.1 g/mol. The van der Waals surface area contributed by atoms with Crippen LogP contribution in [-0.2, 0) is 0 Å². The summed E-state index contributed by atoms with van der Waals surface area (Å²) >= 11 is 0. The molecule has 0 aromatic rings. The zero-order chi connectivity index (χ0) is 4.41. The van der Waals surface area contributed by atoms with Crippen molar-refractivity contribution in [3.05, 3.63) is 0 Å². The minimum Gasteiger partial charge on any atom is -0.338 e. The number of hydrogen-bond acceptors (Lipinski definition) is 1. The molecule has 1 aliphatic heterocycles. The lowest BCUT2D eigenvalue weighted by Crippen LogP contribution is -2.39. The van der Waals surface area contributed by atoms with E-state index in [-0.39, 0.29) is 0 Å². The predicted octanol–water partition coefficient (Wildman–Crippen LogP) is -0.388. The Morgan fingerprint density at radius 2 is 2.50 bits per heavy atom. The van der Waals surface area contributed by atoms with E-state index in [1.54, 1.807) is 0 Å². The summed E-state index contributed by atoms with van der Waals surface area (Å²) in [5.41, 5.74) is 5.30.